The molecule has 0 unspecified atom stereocenters. The van der Waals surface area contributed by atoms with E-state index in [1.807, 2.05) is 36.4 Å². The van der Waals surface area contributed by atoms with E-state index in [1.165, 1.54) is 9.80 Å². The van der Waals surface area contributed by atoms with Crippen LogP contribution >= 0.6 is 0 Å². The molecule has 3 amide bonds. The number of carbonyl (C=O) groups excluding carboxylic acids is 3. The summed E-state index contributed by atoms with van der Waals surface area (Å²) in [6, 6.07) is 9.86. The van der Waals surface area contributed by atoms with E-state index in [-0.39, 0.29) is 44.7 Å². The third kappa shape index (κ3) is 8.26. The second-order valence-corrected chi connectivity index (χ2v) is 12.6. The van der Waals surface area contributed by atoms with Gasteiger partial charge in [-0.05, 0) is 45.3 Å². The number of benzene rings is 1. The van der Waals surface area contributed by atoms with E-state index in [4.69, 9.17) is 19.2 Å². The van der Waals surface area contributed by atoms with Gasteiger partial charge in [-0.15, -0.1) is 0 Å². The number of hydrogen-bond acceptors (Lipinski definition) is 9. The number of ether oxygens (including phenoxy) is 3. The largest absolute Gasteiger partial charge is 0.465 e. The molecule has 2 fully saturated rings. The Morgan fingerprint density at radius 2 is 1.70 bits per heavy atom. The normalized spacial score (nSPS) is 18.5. The molecular formula is C33H41N5O8. The third-order valence-electron chi connectivity index (χ3n) is 8.09. The van der Waals surface area contributed by atoms with Crippen LogP contribution in [0, 0.1) is 0 Å². The first-order valence-corrected chi connectivity index (χ1v) is 15.6. The zero-order chi connectivity index (χ0) is 32.9. The van der Waals surface area contributed by atoms with Crippen LogP contribution in [0.25, 0.3) is 17.0 Å². The highest BCUT2D eigenvalue weighted by molar-refractivity contribution is 5.97. The second-order valence-electron chi connectivity index (χ2n) is 12.6. The first-order chi connectivity index (χ1) is 21.9. The van der Waals surface area contributed by atoms with E-state index in [0.29, 0.717) is 44.0 Å². The minimum atomic E-state index is -1.07. The number of amides is 3. The molecule has 1 aromatic carbocycles. The van der Waals surface area contributed by atoms with Crippen molar-refractivity contribution in [2.24, 2.45) is 0 Å². The minimum Gasteiger partial charge on any atom is -0.465 e. The monoisotopic (exact) mass is 635 g/mol. The number of nitrogens with zero attached hydrogens (tertiary/aromatic N) is 4. The molecule has 1 atom stereocenters. The Balaban J connectivity index is 1.40. The Morgan fingerprint density at radius 3 is 2.30 bits per heavy atom. The van der Waals surface area contributed by atoms with Crippen molar-refractivity contribution in [2.75, 3.05) is 39.4 Å². The predicted molar refractivity (Wildman–Crippen MR) is 166 cm³/mol. The van der Waals surface area contributed by atoms with Gasteiger partial charge in [0.25, 0.3) is 5.91 Å². The maximum absolute atomic E-state index is 13.8. The molecule has 246 valence electrons. The summed E-state index contributed by atoms with van der Waals surface area (Å²) >= 11 is 0. The number of aromatic nitrogens is 2. The Kier molecular flexibility index (Phi) is 10.0. The van der Waals surface area contributed by atoms with Crippen LogP contribution in [0.15, 0.2) is 42.5 Å². The first kappa shape index (κ1) is 33.0. The number of hydrogen-bond donors (Lipinski definition) is 2. The highest BCUT2D eigenvalue weighted by Gasteiger charge is 2.38. The van der Waals surface area contributed by atoms with Gasteiger partial charge >= 0.3 is 12.1 Å². The van der Waals surface area contributed by atoms with Crippen LogP contribution in [0.4, 0.5) is 4.79 Å². The van der Waals surface area contributed by atoms with Crippen LogP contribution in [0.3, 0.4) is 0 Å². The quantitative estimate of drug-likeness (QED) is 0.411. The van der Waals surface area contributed by atoms with Crippen molar-refractivity contribution in [1.82, 2.24) is 25.1 Å². The fourth-order valence-corrected chi connectivity index (χ4v) is 5.73. The summed E-state index contributed by atoms with van der Waals surface area (Å²) in [6.45, 7) is 7.01. The molecule has 3 aliphatic rings. The molecule has 46 heavy (non-hydrogen) atoms. The maximum atomic E-state index is 13.8. The van der Waals surface area contributed by atoms with E-state index >= 15 is 0 Å². The first-order valence-electron chi connectivity index (χ1n) is 15.6. The number of carboxylic acid groups (broad SMARTS) is 1. The summed E-state index contributed by atoms with van der Waals surface area (Å²) in [5.41, 5.74) is 1.62. The van der Waals surface area contributed by atoms with Crippen LogP contribution in [0.1, 0.15) is 69.1 Å². The van der Waals surface area contributed by atoms with Crippen LogP contribution in [-0.2, 0) is 23.8 Å². The summed E-state index contributed by atoms with van der Waals surface area (Å²) in [7, 11) is 0. The Morgan fingerprint density at radius 1 is 1.02 bits per heavy atom. The second kappa shape index (κ2) is 14.0. The van der Waals surface area contributed by atoms with Crippen LogP contribution in [-0.4, -0.2) is 106 Å². The van der Waals surface area contributed by atoms with Crippen LogP contribution in [0.2, 0.25) is 0 Å². The number of rotatable bonds is 8. The minimum absolute atomic E-state index is 0.00461. The number of nitrogens with one attached hydrogen (secondary N) is 1. The van der Waals surface area contributed by atoms with Gasteiger partial charge in [-0.3, -0.25) is 14.4 Å². The number of piperazine rings is 1. The summed E-state index contributed by atoms with van der Waals surface area (Å²) in [5.74, 6) is -1.75. The molecule has 0 radical (unpaired) electrons. The lowest BCUT2D eigenvalue weighted by atomic mass is 9.92. The molecule has 2 aliphatic heterocycles. The number of esters is 1. The van der Waals surface area contributed by atoms with Gasteiger partial charge in [-0.25, -0.2) is 14.8 Å². The van der Waals surface area contributed by atoms with Crippen LogP contribution < -0.4 is 5.32 Å². The molecule has 13 nitrogen and oxygen atoms in total. The highest BCUT2D eigenvalue weighted by Crippen LogP contribution is 2.38. The highest BCUT2D eigenvalue weighted by atomic mass is 16.7. The Hall–Kier alpha value is -4.36. The van der Waals surface area contributed by atoms with E-state index in [2.05, 4.69) is 10.3 Å². The zero-order valence-electron chi connectivity index (χ0n) is 26.5. The van der Waals surface area contributed by atoms with Gasteiger partial charge in [-0.2, -0.15) is 0 Å². The van der Waals surface area contributed by atoms with E-state index in [0.717, 1.165) is 11.1 Å². The molecular weight excluding hydrogens is 594 g/mol. The van der Waals surface area contributed by atoms with Gasteiger partial charge in [0.1, 0.15) is 17.3 Å². The average molecular weight is 636 g/mol. The fourth-order valence-electron chi connectivity index (χ4n) is 5.73. The van der Waals surface area contributed by atoms with E-state index in [1.54, 1.807) is 26.8 Å². The van der Waals surface area contributed by atoms with Gasteiger partial charge in [-0.1, -0.05) is 36.4 Å². The fraction of sp³-hybridized carbons (Fsp3) is 0.515. The topological polar surface area (TPSA) is 160 Å². The molecule has 2 N–H and O–H groups in total. The molecule has 0 bridgehead atoms. The molecule has 13 heteroatoms. The number of carbonyl (C=O) groups is 4. The third-order valence-corrected chi connectivity index (χ3v) is 8.09. The molecule has 1 spiro atoms. The van der Waals surface area contributed by atoms with Gasteiger partial charge < -0.3 is 34.4 Å². The summed E-state index contributed by atoms with van der Waals surface area (Å²) in [5, 5.41) is 12.1. The molecule has 1 aliphatic carbocycles. The lowest BCUT2D eigenvalue weighted by molar-refractivity contribution is -0.160. The molecule has 5 rings (SSSR count). The summed E-state index contributed by atoms with van der Waals surface area (Å²) in [6.07, 6.45) is 2.71. The van der Waals surface area contributed by atoms with Crippen molar-refractivity contribution in [3.63, 3.8) is 0 Å². The van der Waals surface area contributed by atoms with Gasteiger partial charge in [0.05, 0.1) is 18.9 Å². The van der Waals surface area contributed by atoms with Gasteiger partial charge in [0.2, 0.25) is 5.91 Å². The zero-order valence-corrected chi connectivity index (χ0v) is 26.5. The Labute approximate surface area is 267 Å². The molecule has 2 aromatic rings. The van der Waals surface area contributed by atoms with Crippen molar-refractivity contribution in [1.29, 1.82) is 0 Å². The summed E-state index contributed by atoms with van der Waals surface area (Å²) < 4.78 is 17.1. The van der Waals surface area contributed by atoms with Crippen molar-refractivity contribution in [3.8, 4) is 11.4 Å². The summed E-state index contributed by atoms with van der Waals surface area (Å²) in [4.78, 5) is 63.6. The average Bonchev–Trinajstić information content (AvgIpc) is 3.50. The van der Waals surface area contributed by atoms with Crippen molar-refractivity contribution in [2.45, 2.75) is 70.3 Å². The van der Waals surface area contributed by atoms with E-state index < -0.39 is 41.3 Å². The lowest BCUT2D eigenvalue weighted by Gasteiger charge is -2.35. The molecule has 3 heterocycles. The number of allylic oxidation sites excluding steroid dienone is 1. The molecule has 1 aromatic heterocycles. The van der Waals surface area contributed by atoms with E-state index in [9.17, 15) is 24.3 Å². The van der Waals surface area contributed by atoms with Crippen LogP contribution in [0.5, 0.6) is 0 Å². The lowest BCUT2D eigenvalue weighted by Crippen LogP contribution is -2.55. The van der Waals surface area contributed by atoms with Gasteiger partial charge in [0.15, 0.2) is 11.6 Å². The van der Waals surface area contributed by atoms with Crippen molar-refractivity contribution < 1.29 is 38.5 Å². The predicted octanol–water partition coefficient (Wildman–Crippen LogP) is 3.50. The standard InChI is InChI=1S/C33H41N5O8/c1-32(2,3)46-27(39)10-9-24(30(41)37-15-17-38(18-16-37)31(42)43)36-29(40)26-21-25(34-28(35-26)23-7-5-4-6-8-23)22-11-13-33(14-12-22)44-19-20-45-33/h4-8,11,21,24H,9-10,12-20H2,1-3H3,(H,36,40)(H,42,43)/t24-/m0/s1. The molecule has 0 saturated carbocycles. The van der Waals surface area contributed by atoms with Gasteiger partial charge in [0, 0.05) is 51.0 Å². The molecule has 2 saturated heterocycles. The maximum Gasteiger partial charge on any atom is 0.407 e. The Bertz CT molecular complexity index is 1470. The van der Waals surface area contributed by atoms with Crippen molar-refractivity contribution >= 4 is 29.5 Å². The SMILES string of the molecule is CC(C)(C)OC(=O)CC[C@H](NC(=O)c1cc(C2=CCC3(CC2)OCCO3)nc(-c2ccccc2)n1)C(=O)N1CCN(C(=O)O)CC1. The smallest absolute Gasteiger partial charge is 0.407 e. The van der Waals surface area contributed by atoms with Crippen molar-refractivity contribution in [3.05, 3.63) is 53.9 Å².